The van der Waals surface area contributed by atoms with E-state index in [0.717, 1.165) is 24.4 Å². The summed E-state index contributed by atoms with van der Waals surface area (Å²) >= 11 is 1.09. The zero-order chi connectivity index (χ0) is 37.2. The van der Waals surface area contributed by atoms with Crippen molar-refractivity contribution >= 4 is 83.3 Å². The molecule has 0 heterocycles. The van der Waals surface area contributed by atoms with Crippen LogP contribution in [-0.4, -0.2) is 55.8 Å². The molecule has 6 N–H and O–H groups in total. The van der Waals surface area contributed by atoms with Crippen LogP contribution in [0.5, 0.6) is 11.5 Å². The number of phenolic OH excluding ortho intramolecular Hbond substituents is 2. The van der Waals surface area contributed by atoms with Crippen LogP contribution in [-0.2, 0) is 60.4 Å². The Balaban J connectivity index is 0.00000729. The Labute approximate surface area is 316 Å². The number of benzene rings is 4. The minimum Gasteiger partial charge on any atom is -0.506 e. The fourth-order valence-corrected chi connectivity index (χ4v) is 7.20. The second-order valence-corrected chi connectivity index (χ2v) is 14.9. The van der Waals surface area contributed by atoms with Crippen LogP contribution in [0.4, 0.5) is 28.4 Å². The number of sulfone groups is 1. The molecule has 18 nitrogen and oxygen atoms in total. The SMILES string of the molecule is C=COOSc1ccc(O)c(N=Nc2c(SOOO)cc3cc(S(=O)(=O)O)c(N=Nc4ccc(S(=O)(=O)CCCOCC)cc4)c(N)c3c2O)c1.[Cu]. The predicted molar refractivity (Wildman–Crippen MR) is 185 cm³/mol. The van der Waals surface area contributed by atoms with Gasteiger partial charge in [0.25, 0.3) is 10.1 Å². The van der Waals surface area contributed by atoms with E-state index in [1.165, 1.54) is 48.5 Å². The number of hydrogen-bond donors (Lipinski definition) is 5. The molecule has 0 aliphatic heterocycles. The molecule has 0 saturated heterocycles. The molecule has 0 spiro atoms. The van der Waals surface area contributed by atoms with Crippen LogP contribution in [0.15, 0.2) is 107 Å². The van der Waals surface area contributed by atoms with E-state index in [0.29, 0.717) is 30.0 Å². The van der Waals surface area contributed by atoms with Gasteiger partial charge >= 0.3 is 0 Å². The van der Waals surface area contributed by atoms with Crippen LogP contribution < -0.4 is 5.73 Å². The van der Waals surface area contributed by atoms with Gasteiger partial charge in [-0.1, -0.05) is 11.6 Å². The van der Waals surface area contributed by atoms with E-state index in [9.17, 15) is 31.6 Å². The molecule has 0 aliphatic carbocycles. The van der Waals surface area contributed by atoms with Crippen LogP contribution in [0.1, 0.15) is 13.3 Å². The number of rotatable bonds is 18. The Morgan fingerprint density at radius 2 is 1.63 bits per heavy atom. The van der Waals surface area contributed by atoms with Gasteiger partial charge in [0.2, 0.25) is 0 Å². The van der Waals surface area contributed by atoms with Crippen molar-refractivity contribution in [2.45, 2.75) is 32.9 Å². The van der Waals surface area contributed by atoms with Gasteiger partial charge in [0, 0.05) is 35.2 Å². The number of aromatic hydroxyl groups is 2. The van der Waals surface area contributed by atoms with E-state index in [1.807, 2.05) is 0 Å². The summed E-state index contributed by atoms with van der Waals surface area (Å²) in [6.07, 6.45) is 1.34. The zero-order valence-corrected chi connectivity index (χ0v) is 30.8. The smallest absolute Gasteiger partial charge is 0.296 e. The Kier molecular flexibility index (Phi) is 15.8. The molecule has 23 heteroatoms. The van der Waals surface area contributed by atoms with Gasteiger partial charge in [-0.05, 0) is 73.3 Å². The van der Waals surface area contributed by atoms with E-state index < -0.39 is 42.0 Å². The molecule has 0 unspecified atom stereocenters. The Bertz CT molecular complexity index is 2170. The molecule has 4 aromatic carbocycles. The van der Waals surface area contributed by atoms with Gasteiger partial charge < -0.3 is 25.6 Å². The van der Waals surface area contributed by atoms with Gasteiger partial charge in [0.1, 0.15) is 34.0 Å². The van der Waals surface area contributed by atoms with E-state index in [1.54, 1.807) is 6.92 Å². The van der Waals surface area contributed by atoms with E-state index in [-0.39, 0.29) is 72.8 Å². The van der Waals surface area contributed by atoms with Gasteiger partial charge in [-0.15, -0.1) is 24.0 Å². The van der Waals surface area contributed by atoms with Crippen LogP contribution in [0.25, 0.3) is 10.8 Å². The molecule has 0 fully saturated rings. The molecule has 4 aromatic rings. The first-order valence-electron chi connectivity index (χ1n) is 14.2. The van der Waals surface area contributed by atoms with Crippen molar-refractivity contribution in [2.24, 2.45) is 20.5 Å². The first-order valence-corrected chi connectivity index (χ1v) is 18.8. The van der Waals surface area contributed by atoms with Crippen molar-refractivity contribution in [2.75, 3.05) is 24.7 Å². The second-order valence-electron chi connectivity index (χ2n) is 9.84. The number of hydrogen-bond acceptors (Lipinski definition) is 19. The van der Waals surface area contributed by atoms with Gasteiger partial charge in [-0.2, -0.15) is 13.5 Å². The van der Waals surface area contributed by atoms with Crippen molar-refractivity contribution in [3.63, 3.8) is 0 Å². The normalized spacial score (nSPS) is 12.1. The average molecular weight is 847 g/mol. The first-order chi connectivity index (χ1) is 24.3. The number of nitrogens with two attached hydrogens (primary N) is 1. The van der Waals surface area contributed by atoms with E-state index in [2.05, 4.69) is 41.3 Å². The number of azo groups is 2. The summed E-state index contributed by atoms with van der Waals surface area (Å²) in [5.41, 5.74) is 4.94. The van der Waals surface area contributed by atoms with Crippen molar-refractivity contribution < 1.29 is 77.3 Å². The molecule has 0 atom stereocenters. The van der Waals surface area contributed by atoms with Crippen molar-refractivity contribution in [1.29, 1.82) is 0 Å². The third kappa shape index (κ3) is 10.8. The predicted octanol–water partition coefficient (Wildman–Crippen LogP) is 7.64. The second kappa shape index (κ2) is 19.3. The largest absolute Gasteiger partial charge is 0.506 e. The molecule has 0 bridgehead atoms. The Morgan fingerprint density at radius 1 is 0.923 bits per heavy atom. The van der Waals surface area contributed by atoms with Crippen molar-refractivity contribution in [3.8, 4) is 11.5 Å². The van der Waals surface area contributed by atoms with Crippen LogP contribution in [0.2, 0.25) is 0 Å². The average Bonchev–Trinajstić information content (AvgIpc) is 3.09. The molecular weight excluding hydrogens is 818 g/mol. The quantitative estimate of drug-likeness (QED) is 0.00741. The van der Waals surface area contributed by atoms with Gasteiger partial charge in [-0.3, -0.25) is 4.55 Å². The fourth-order valence-electron chi connectivity index (χ4n) is 4.29. The van der Waals surface area contributed by atoms with Crippen LogP contribution in [0.3, 0.4) is 0 Å². The van der Waals surface area contributed by atoms with Gasteiger partial charge in [0.15, 0.2) is 15.6 Å². The minimum absolute atomic E-state index is 0. The summed E-state index contributed by atoms with van der Waals surface area (Å²) in [4.78, 5) is 4.14. The van der Waals surface area contributed by atoms with Crippen LogP contribution >= 0.6 is 24.1 Å². The van der Waals surface area contributed by atoms with Crippen LogP contribution in [0, 0.1) is 0 Å². The number of nitrogens with zero attached hydrogens (tertiary/aromatic N) is 4. The Hall–Kier alpha value is -3.84. The third-order valence-electron chi connectivity index (χ3n) is 6.56. The molecule has 283 valence electrons. The summed E-state index contributed by atoms with van der Waals surface area (Å²) < 4.78 is 74.8. The van der Waals surface area contributed by atoms with E-state index >= 15 is 0 Å². The molecule has 4 rings (SSSR count). The third-order valence-corrected chi connectivity index (χ3v) is 10.5. The monoisotopic (exact) mass is 846 g/mol. The van der Waals surface area contributed by atoms with Gasteiger partial charge in [0.05, 0.1) is 56.4 Å². The molecule has 0 aromatic heterocycles. The maximum absolute atomic E-state index is 12.6. The number of anilines is 1. The maximum atomic E-state index is 12.6. The number of fused-ring (bicyclic) bond motifs is 1. The maximum Gasteiger partial charge on any atom is 0.296 e. The summed E-state index contributed by atoms with van der Waals surface area (Å²) in [5, 5.41) is 49.7. The standard InChI is InChI=1S/C29H29N5O13S4.Cu/c1-3-43-12-5-13-50(38,39)20-9-6-18(7-10-20)31-34-28-24(51(40,41)42)15-17-14-23(49-47-45-37)27(29(36)25(17)26(28)30)33-32-21-16-19(8-11-22(21)35)48-46-44-4-2;/h4,6-11,14-16,35-37H,2-3,5,12-13,30H2,1H3,(H,40,41,42);. The molecule has 0 amide bonds. The van der Waals surface area contributed by atoms with E-state index in [4.69, 9.17) is 20.1 Å². The summed E-state index contributed by atoms with van der Waals surface area (Å²) in [7, 11) is -8.63. The number of phenols is 2. The summed E-state index contributed by atoms with van der Waals surface area (Å²) in [5.74, 6) is -1.15. The summed E-state index contributed by atoms with van der Waals surface area (Å²) in [6.45, 7) is 5.89. The van der Waals surface area contributed by atoms with Gasteiger partial charge in [-0.25, -0.2) is 13.7 Å². The van der Waals surface area contributed by atoms with Crippen molar-refractivity contribution in [1.82, 2.24) is 0 Å². The first kappa shape index (κ1) is 42.6. The Morgan fingerprint density at radius 3 is 2.29 bits per heavy atom. The zero-order valence-electron chi connectivity index (χ0n) is 26.6. The number of nitrogen functional groups attached to an aromatic ring is 1. The number of ether oxygens (including phenoxy) is 1. The molecule has 0 saturated carbocycles. The fraction of sp³-hybridized carbons (Fsp3) is 0.172. The molecular formula is C29H29CuN5O13S4. The molecule has 1 radical (unpaired) electrons. The molecule has 52 heavy (non-hydrogen) atoms. The van der Waals surface area contributed by atoms with Crippen molar-refractivity contribution in [3.05, 3.63) is 67.4 Å². The minimum atomic E-state index is -5.01. The summed E-state index contributed by atoms with van der Waals surface area (Å²) in [6, 6.07) is 11.5. The topological polar surface area (TPSA) is 271 Å². The molecule has 0 aliphatic rings.